The first-order valence-corrected chi connectivity index (χ1v) is 4.83. The number of nitrogens with one attached hydrogen (secondary N) is 1. The van der Waals surface area contributed by atoms with E-state index in [1.165, 1.54) is 0 Å². The van der Waals surface area contributed by atoms with Crippen molar-refractivity contribution in [2.24, 2.45) is 0 Å². The Morgan fingerprint density at radius 3 is 3.00 bits per heavy atom. The summed E-state index contributed by atoms with van der Waals surface area (Å²) in [5.41, 5.74) is 1.73. The van der Waals surface area contributed by atoms with Gasteiger partial charge in [-0.3, -0.25) is 4.79 Å². The molecule has 1 heterocycles. The van der Waals surface area contributed by atoms with Gasteiger partial charge in [0.15, 0.2) is 5.78 Å². The van der Waals surface area contributed by atoms with Crippen LogP contribution in [0.25, 0.3) is 0 Å². The predicted molar refractivity (Wildman–Crippen MR) is 57.6 cm³/mol. The first kappa shape index (κ1) is 9.00. The molecule has 0 fully saturated rings. The number of anilines is 1. The van der Waals surface area contributed by atoms with E-state index in [1.54, 1.807) is 0 Å². The second-order valence-corrected chi connectivity index (χ2v) is 3.53. The Morgan fingerprint density at radius 1 is 1.36 bits per heavy atom. The van der Waals surface area contributed by atoms with Crippen LogP contribution in [0, 0.1) is 0 Å². The van der Waals surface area contributed by atoms with Crippen LogP contribution in [0.1, 0.15) is 23.7 Å². The fourth-order valence-electron chi connectivity index (χ4n) is 1.63. The number of para-hydroxylation sites is 1. The average molecular weight is 187 g/mol. The molecule has 72 valence electrons. The fourth-order valence-corrected chi connectivity index (χ4v) is 1.63. The minimum atomic E-state index is 0.177. The molecule has 0 bridgehead atoms. The lowest BCUT2D eigenvalue weighted by molar-refractivity contribution is 0.0996. The number of fused-ring (bicyclic) bond motifs is 1. The van der Waals surface area contributed by atoms with Crippen LogP contribution >= 0.6 is 0 Å². The number of ketones is 1. The van der Waals surface area contributed by atoms with Gasteiger partial charge in [-0.05, 0) is 19.1 Å². The summed E-state index contributed by atoms with van der Waals surface area (Å²) in [6.45, 7) is 2.07. The van der Waals surface area contributed by atoms with Gasteiger partial charge in [-0.2, -0.15) is 0 Å². The highest BCUT2D eigenvalue weighted by molar-refractivity contribution is 6.02. The summed E-state index contributed by atoms with van der Waals surface area (Å²) in [4.78, 5) is 11.7. The highest BCUT2D eigenvalue weighted by atomic mass is 16.1. The second-order valence-electron chi connectivity index (χ2n) is 3.53. The smallest absolute Gasteiger partial charge is 0.168 e. The van der Waals surface area contributed by atoms with E-state index in [1.807, 2.05) is 36.4 Å². The average Bonchev–Trinajstić information content (AvgIpc) is 2.16. The number of hydrogen-bond donors (Lipinski definition) is 1. The predicted octanol–water partition coefficient (Wildman–Crippen LogP) is 2.63. The zero-order chi connectivity index (χ0) is 9.97. The molecule has 0 amide bonds. The van der Waals surface area contributed by atoms with E-state index in [0.717, 1.165) is 11.3 Å². The van der Waals surface area contributed by atoms with Crippen molar-refractivity contribution in [2.45, 2.75) is 19.4 Å². The van der Waals surface area contributed by atoms with Crippen molar-refractivity contribution in [1.29, 1.82) is 0 Å². The van der Waals surface area contributed by atoms with Gasteiger partial charge in [-0.1, -0.05) is 24.3 Å². The molecule has 0 saturated carbocycles. The second kappa shape index (κ2) is 3.66. The Morgan fingerprint density at radius 2 is 2.14 bits per heavy atom. The third kappa shape index (κ3) is 1.69. The van der Waals surface area contributed by atoms with Crippen LogP contribution in [0.2, 0.25) is 0 Å². The maximum Gasteiger partial charge on any atom is 0.168 e. The third-order valence-electron chi connectivity index (χ3n) is 2.34. The van der Waals surface area contributed by atoms with Crippen molar-refractivity contribution in [3.63, 3.8) is 0 Å². The third-order valence-corrected chi connectivity index (χ3v) is 2.34. The van der Waals surface area contributed by atoms with E-state index in [2.05, 4.69) is 12.2 Å². The molecule has 1 aromatic rings. The van der Waals surface area contributed by atoms with Crippen LogP contribution in [0.4, 0.5) is 5.69 Å². The fraction of sp³-hybridized carbons (Fsp3) is 0.250. The topological polar surface area (TPSA) is 29.1 Å². The monoisotopic (exact) mass is 187 g/mol. The quantitative estimate of drug-likeness (QED) is 0.632. The van der Waals surface area contributed by atoms with E-state index in [4.69, 9.17) is 0 Å². The number of benzene rings is 1. The van der Waals surface area contributed by atoms with E-state index in [-0.39, 0.29) is 11.8 Å². The van der Waals surface area contributed by atoms with Gasteiger partial charge in [0.1, 0.15) is 0 Å². The van der Waals surface area contributed by atoms with Crippen LogP contribution in [-0.2, 0) is 0 Å². The van der Waals surface area contributed by atoms with Crippen LogP contribution in [0.15, 0.2) is 36.4 Å². The Kier molecular flexibility index (Phi) is 2.35. The molecule has 2 heteroatoms. The number of hydrogen-bond acceptors (Lipinski definition) is 2. The molecule has 0 aromatic heterocycles. The minimum Gasteiger partial charge on any atom is -0.379 e. The molecule has 1 N–H and O–H groups in total. The molecule has 1 aliphatic rings. The standard InChI is InChI=1S/C12H13NO/c1-9-5-4-8-12(14)10-6-2-3-7-11(10)13-9/h2-7,9,13H,8H2,1H3/b5-4-. The van der Waals surface area contributed by atoms with Crippen LogP contribution < -0.4 is 5.32 Å². The van der Waals surface area contributed by atoms with E-state index >= 15 is 0 Å². The number of rotatable bonds is 0. The Labute approximate surface area is 83.6 Å². The number of carbonyl (C=O) groups excluding carboxylic acids is 1. The highest BCUT2D eigenvalue weighted by Gasteiger charge is 2.12. The SMILES string of the molecule is CC1/C=C\CC(=O)c2ccccc2N1. The van der Waals surface area contributed by atoms with Gasteiger partial charge in [0.05, 0.1) is 0 Å². The Bertz CT molecular complexity index is 382. The number of allylic oxidation sites excluding steroid dienone is 1. The van der Waals surface area contributed by atoms with Crippen LogP contribution in [0.5, 0.6) is 0 Å². The van der Waals surface area contributed by atoms with Gasteiger partial charge in [-0.25, -0.2) is 0 Å². The molecule has 0 spiro atoms. The zero-order valence-electron chi connectivity index (χ0n) is 8.16. The zero-order valence-corrected chi connectivity index (χ0v) is 8.16. The largest absolute Gasteiger partial charge is 0.379 e. The van der Waals surface area contributed by atoms with Gasteiger partial charge in [-0.15, -0.1) is 0 Å². The number of Topliss-reactive ketones (excluding diaryl/α,β-unsaturated/α-hetero) is 1. The lowest BCUT2D eigenvalue weighted by Crippen LogP contribution is -2.16. The lowest BCUT2D eigenvalue weighted by Gasteiger charge is -2.16. The van der Waals surface area contributed by atoms with Crippen molar-refractivity contribution in [1.82, 2.24) is 0 Å². The number of carbonyl (C=O) groups is 1. The molecule has 14 heavy (non-hydrogen) atoms. The summed E-state index contributed by atoms with van der Waals surface area (Å²) in [7, 11) is 0. The molecule has 0 aliphatic carbocycles. The first-order chi connectivity index (χ1) is 6.77. The summed E-state index contributed by atoms with van der Waals surface area (Å²) in [6, 6.07) is 7.94. The summed E-state index contributed by atoms with van der Waals surface area (Å²) in [5.74, 6) is 0.177. The van der Waals surface area contributed by atoms with Gasteiger partial charge >= 0.3 is 0 Å². The normalized spacial score (nSPS) is 22.9. The van der Waals surface area contributed by atoms with Crippen molar-refractivity contribution in [2.75, 3.05) is 5.32 Å². The van der Waals surface area contributed by atoms with Gasteiger partial charge in [0.2, 0.25) is 0 Å². The summed E-state index contributed by atoms with van der Waals surface area (Å²) in [5, 5.41) is 3.29. The van der Waals surface area contributed by atoms with E-state index in [9.17, 15) is 4.79 Å². The van der Waals surface area contributed by atoms with Crippen molar-refractivity contribution >= 4 is 11.5 Å². The Balaban J connectivity index is 2.43. The molecule has 2 rings (SSSR count). The summed E-state index contributed by atoms with van der Waals surface area (Å²) < 4.78 is 0. The molecule has 2 nitrogen and oxygen atoms in total. The molecule has 1 aliphatic heterocycles. The maximum absolute atomic E-state index is 11.7. The summed E-state index contributed by atoms with van der Waals surface area (Å²) >= 11 is 0. The maximum atomic E-state index is 11.7. The molecule has 0 radical (unpaired) electrons. The molecule has 1 aromatic carbocycles. The van der Waals surface area contributed by atoms with Crippen LogP contribution in [0.3, 0.4) is 0 Å². The van der Waals surface area contributed by atoms with Crippen LogP contribution in [-0.4, -0.2) is 11.8 Å². The van der Waals surface area contributed by atoms with E-state index < -0.39 is 0 Å². The van der Waals surface area contributed by atoms with Gasteiger partial charge in [0.25, 0.3) is 0 Å². The molecular weight excluding hydrogens is 174 g/mol. The lowest BCUT2D eigenvalue weighted by atomic mass is 10.0. The molecule has 1 atom stereocenters. The first-order valence-electron chi connectivity index (χ1n) is 4.83. The molecular formula is C12H13NO. The summed E-state index contributed by atoms with van der Waals surface area (Å²) in [6.07, 6.45) is 4.45. The van der Waals surface area contributed by atoms with Crippen molar-refractivity contribution in [3.05, 3.63) is 42.0 Å². The van der Waals surface area contributed by atoms with Gasteiger partial charge < -0.3 is 5.32 Å². The highest BCUT2D eigenvalue weighted by Crippen LogP contribution is 2.20. The Hall–Kier alpha value is -1.57. The van der Waals surface area contributed by atoms with Gasteiger partial charge in [0, 0.05) is 23.7 Å². The minimum absolute atomic E-state index is 0.177. The molecule has 1 unspecified atom stereocenters. The van der Waals surface area contributed by atoms with Crippen molar-refractivity contribution < 1.29 is 4.79 Å². The van der Waals surface area contributed by atoms with Crippen molar-refractivity contribution in [3.8, 4) is 0 Å². The van der Waals surface area contributed by atoms with E-state index in [0.29, 0.717) is 6.42 Å². The molecule has 0 saturated heterocycles.